The number of aromatic nitrogens is 3. The number of aromatic amines is 1. The molecule has 2 aliphatic rings. The molecule has 1 N–H and O–H groups in total. The van der Waals surface area contributed by atoms with Gasteiger partial charge in [-0.15, -0.1) is 0 Å². The Morgan fingerprint density at radius 2 is 2.17 bits per heavy atom. The second-order valence-electron chi connectivity index (χ2n) is 6.21. The first kappa shape index (κ1) is 14.2. The van der Waals surface area contributed by atoms with Gasteiger partial charge in [-0.2, -0.15) is 5.10 Å². The van der Waals surface area contributed by atoms with Crippen molar-refractivity contribution >= 4 is 5.91 Å². The summed E-state index contributed by atoms with van der Waals surface area (Å²) in [5.41, 5.74) is 4.20. The maximum Gasteiger partial charge on any atom is 0.272 e. The predicted molar refractivity (Wildman–Crippen MR) is 84.7 cm³/mol. The van der Waals surface area contributed by atoms with E-state index in [0.717, 1.165) is 12.8 Å². The number of hydrogen-bond acceptors (Lipinski definition) is 4. The van der Waals surface area contributed by atoms with E-state index in [9.17, 15) is 4.79 Å². The van der Waals surface area contributed by atoms with Crippen LogP contribution in [-0.2, 0) is 12.8 Å². The van der Waals surface area contributed by atoms with E-state index in [-0.39, 0.29) is 5.91 Å². The third-order valence-electron chi connectivity index (χ3n) is 4.69. The van der Waals surface area contributed by atoms with Crippen LogP contribution in [0.4, 0.5) is 0 Å². The highest BCUT2D eigenvalue weighted by Gasteiger charge is 2.31. The number of rotatable bonds is 3. The Morgan fingerprint density at radius 3 is 2.96 bits per heavy atom. The van der Waals surface area contributed by atoms with Gasteiger partial charge in [0.25, 0.3) is 5.91 Å². The lowest BCUT2D eigenvalue weighted by molar-refractivity contribution is 0.0756. The molecule has 6 heteroatoms. The highest BCUT2D eigenvalue weighted by Crippen LogP contribution is 2.41. The molecule has 1 fully saturated rings. The third-order valence-corrected chi connectivity index (χ3v) is 4.69. The second-order valence-corrected chi connectivity index (χ2v) is 6.21. The number of amides is 1. The second kappa shape index (κ2) is 5.68. The minimum Gasteiger partial charge on any atom is -0.497 e. The van der Waals surface area contributed by atoms with Gasteiger partial charge in [0, 0.05) is 43.4 Å². The van der Waals surface area contributed by atoms with Gasteiger partial charge in [0.05, 0.1) is 12.8 Å². The van der Waals surface area contributed by atoms with Crippen molar-refractivity contribution in [3.8, 4) is 5.75 Å². The molecule has 0 aromatic carbocycles. The Kier molecular flexibility index (Phi) is 3.52. The smallest absolute Gasteiger partial charge is 0.272 e. The molecule has 0 unspecified atom stereocenters. The zero-order valence-corrected chi connectivity index (χ0v) is 13.2. The molecule has 1 aliphatic carbocycles. The van der Waals surface area contributed by atoms with E-state index in [4.69, 9.17) is 4.74 Å². The minimum absolute atomic E-state index is 0.0324. The predicted octanol–water partition coefficient (Wildman–Crippen LogP) is 1.93. The number of methoxy groups -OCH3 is 1. The topological polar surface area (TPSA) is 71.1 Å². The number of ether oxygens (including phenoxy) is 1. The fourth-order valence-corrected chi connectivity index (χ4v) is 3.22. The van der Waals surface area contributed by atoms with Crippen LogP contribution in [0.25, 0.3) is 0 Å². The number of hydrogen-bond donors (Lipinski definition) is 1. The summed E-state index contributed by atoms with van der Waals surface area (Å²) in [6, 6.07) is 3.45. The Morgan fingerprint density at radius 1 is 1.35 bits per heavy atom. The Bertz CT molecular complexity index is 736. The Balaban J connectivity index is 1.52. The van der Waals surface area contributed by atoms with Crippen LogP contribution < -0.4 is 4.74 Å². The Hall–Kier alpha value is -2.37. The van der Waals surface area contributed by atoms with Crippen molar-refractivity contribution < 1.29 is 9.53 Å². The fraction of sp³-hybridized carbons (Fsp3) is 0.471. The summed E-state index contributed by atoms with van der Waals surface area (Å²) < 4.78 is 5.18. The summed E-state index contributed by atoms with van der Waals surface area (Å²) >= 11 is 0. The number of pyridine rings is 1. The van der Waals surface area contributed by atoms with Gasteiger partial charge in [0.15, 0.2) is 0 Å². The van der Waals surface area contributed by atoms with Crippen molar-refractivity contribution in [2.24, 2.45) is 0 Å². The van der Waals surface area contributed by atoms with E-state index in [1.807, 2.05) is 4.90 Å². The first-order chi connectivity index (χ1) is 11.3. The molecule has 1 aliphatic heterocycles. The molecule has 0 bridgehead atoms. The molecular weight excluding hydrogens is 292 g/mol. The highest BCUT2D eigenvalue weighted by molar-refractivity contribution is 5.92. The molecule has 1 amide bonds. The molecule has 2 aromatic rings. The molecule has 3 heterocycles. The van der Waals surface area contributed by atoms with Gasteiger partial charge in [-0.3, -0.25) is 14.9 Å². The quantitative estimate of drug-likeness (QED) is 0.940. The molecule has 6 nitrogen and oxygen atoms in total. The van der Waals surface area contributed by atoms with Crippen molar-refractivity contribution in [1.82, 2.24) is 20.1 Å². The van der Waals surface area contributed by atoms with Crippen molar-refractivity contribution in [3.05, 3.63) is 41.0 Å². The number of nitrogens with one attached hydrogen (secondary N) is 1. The van der Waals surface area contributed by atoms with Crippen LogP contribution >= 0.6 is 0 Å². The number of carbonyl (C=O) groups excluding carboxylic acids is 1. The molecule has 120 valence electrons. The zero-order valence-electron chi connectivity index (χ0n) is 13.2. The van der Waals surface area contributed by atoms with Crippen LogP contribution in [-0.4, -0.2) is 46.2 Å². The molecule has 0 spiro atoms. The lowest BCUT2D eigenvalue weighted by Gasteiger charge is -2.20. The molecule has 0 atom stereocenters. The largest absolute Gasteiger partial charge is 0.497 e. The van der Waals surface area contributed by atoms with Crippen molar-refractivity contribution in [1.29, 1.82) is 0 Å². The van der Waals surface area contributed by atoms with Gasteiger partial charge in [-0.25, -0.2) is 0 Å². The summed E-state index contributed by atoms with van der Waals surface area (Å²) in [7, 11) is 1.59. The van der Waals surface area contributed by atoms with E-state index in [0.29, 0.717) is 30.5 Å². The monoisotopic (exact) mass is 312 g/mol. The maximum atomic E-state index is 12.7. The average molecular weight is 312 g/mol. The van der Waals surface area contributed by atoms with Gasteiger partial charge >= 0.3 is 0 Å². The first-order valence-electron chi connectivity index (χ1n) is 8.11. The van der Waals surface area contributed by atoms with Crippen LogP contribution in [0.3, 0.4) is 0 Å². The van der Waals surface area contributed by atoms with E-state index in [2.05, 4.69) is 15.2 Å². The average Bonchev–Trinajstić information content (AvgIpc) is 3.39. The maximum absolute atomic E-state index is 12.7. The lowest BCUT2D eigenvalue weighted by Crippen LogP contribution is -2.34. The zero-order chi connectivity index (χ0) is 15.8. The standard InChI is InChI=1S/C17H20N4O2/c1-23-12-4-7-18-15(10-12)17(22)21-8-5-13-14(6-9-21)19-20-16(13)11-2-3-11/h4,7,10-11H,2-3,5-6,8-9H2,1H3,(H,19,20). The summed E-state index contributed by atoms with van der Waals surface area (Å²) in [4.78, 5) is 18.8. The Labute approximate surface area is 134 Å². The molecule has 23 heavy (non-hydrogen) atoms. The van der Waals surface area contributed by atoms with Crippen LogP contribution in [0, 0.1) is 0 Å². The molecule has 1 saturated carbocycles. The molecule has 2 aromatic heterocycles. The minimum atomic E-state index is -0.0324. The van der Waals surface area contributed by atoms with E-state index in [1.165, 1.54) is 29.8 Å². The van der Waals surface area contributed by atoms with Crippen molar-refractivity contribution in [2.45, 2.75) is 31.6 Å². The van der Waals surface area contributed by atoms with Crippen LogP contribution in [0.5, 0.6) is 5.75 Å². The summed E-state index contributed by atoms with van der Waals surface area (Å²) in [5.74, 6) is 1.26. The van der Waals surface area contributed by atoms with Gasteiger partial charge in [0.2, 0.25) is 0 Å². The number of H-pyrrole nitrogens is 1. The fourth-order valence-electron chi connectivity index (χ4n) is 3.22. The number of carbonyl (C=O) groups is 1. The van der Waals surface area contributed by atoms with Crippen LogP contribution in [0.2, 0.25) is 0 Å². The number of fused-ring (bicyclic) bond motifs is 1. The molecular formula is C17H20N4O2. The van der Waals surface area contributed by atoms with Gasteiger partial charge in [-0.05, 0) is 30.9 Å². The first-order valence-corrected chi connectivity index (χ1v) is 8.11. The van der Waals surface area contributed by atoms with Gasteiger partial charge in [-0.1, -0.05) is 0 Å². The SMILES string of the molecule is COc1ccnc(C(=O)N2CCc3[nH]nc(C4CC4)c3CC2)c1. The molecule has 0 saturated heterocycles. The lowest BCUT2D eigenvalue weighted by atomic mass is 10.1. The van der Waals surface area contributed by atoms with Crippen molar-refractivity contribution in [3.63, 3.8) is 0 Å². The van der Waals surface area contributed by atoms with Gasteiger partial charge in [0.1, 0.15) is 11.4 Å². The summed E-state index contributed by atoms with van der Waals surface area (Å²) in [5, 5.41) is 7.68. The third kappa shape index (κ3) is 2.69. The normalized spacial score (nSPS) is 17.5. The van der Waals surface area contributed by atoms with Gasteiger partial charge < -0.3 is 9.64 Å². The summed E-state index contributed by atoms with van der Waals surface area (Å²) in [6.07, 6.45) is 5.79. The summed E-state index contributed by atoms with van der Waals surface area (Å²) in [6.45, 7) is 1.40. The highest BCUT2D eigenvalue weighted by atomic mass is 16.5. The van der Waals surface area contributed by atoms with Crippen molar-refractivity contribution in [2.75, 3.05) is 20.2 Å². The molecule has 0 radical (unpaired) electrons. The van der Waals surface area contributed by atoms with E-state index >= 15 is 0 Å². The van der Waals surface area contributed by atoms with E-state index in [1.54, 1.807) is 25.4 Å². The van der Waals surface area contributed by atoms with E-state index < -0.39 is 0 Å². The van der Waals surface area contributed by atoms with Crippen LogP contribution in [0.1, 0.15) is 46.2 Å². The number of nitrogens with zero attached hydrogens (tertiary/aromatic N) is 3. The van der Waals surface area contributed by atoms with Crippen LogP contribution in [0.15, 0.2) is 18.3 Å². The molecule has 4 rings (SSSR count).